The minimum Gasteiger partial charge on any atom is -0.496 e. The predicted molar refractivity (Wildman–Crippen MR) is 121 cm³/mol. The van der Waals surface area contributed by atoms with Gasteiger partial charge < -0.3 is 9.64 Å². The molecule has 1 amide bonds. The van der Waals surface area contributed by atoms with E-state index in [-0.39, 0.29) is 5.91 Å². The zero-order chi connectivity index (χ0) is 21.3. The summed E-state index contributed by atoms with van der Waals surface area (Å²) in [7, 11) is 3.37. The molecule has 0 spiro atoms. The van der Waals surface area contributed by atoms with E-state index in [0.717, 1.165) is 28.3 Å². The van der Waals surface area contributed by atoms with Crippen LogP contribution in [0.4, 0.5) is 5.69 Å². The quantitative estimate of drug-likeness (QED) is 0.626. The average Bonchev–Trinajstić information content (AvgIpc) is 3.28. The van der Waals surface area contributed by atoms with Gasteiger partial charge in [0.2, 0.25) is 4.80 Å². The Kier molecular flexibility index (Phi) is 5.55. The zero-order valence-electron chi connectivity index (χ0n) is 17.5. The third kappa shape index (κ3) is 3.45. The number of fused-ring (bicyclic) bond motifs is 1. The van der Waals surface area contributed by atoms with Crippen LogP contribution in [0.3, 0.4) is 0 Å². The minimum atomic E-state index is -0.0865. The first-order valence-electron chi connectivity index (χ1n) is 9.82. The first-order valence-corrected chi connectivity index (χ1v) is 10.7. The van der Waals surface area contributed by atoms with Crippen LogP contribution in [0.1, 0.15) is 19.4 Å². The summed E-state index contributed by atoms with van der Waals surface area (Å²) < 4.78 is 7.28. The molecule has 2 aromatic carbocycles. The molecule has 7 heteroatoms. The van der Waals surface area contributed by atoms with Gasteiger partial charge >= 0.3 is 0 Å². The lowest BCUT2D eigenvalue weighted by Gasteiger charge is -2.18. The number of methoxy groups -OCH3 is 1. The fourth-order valence-corrected chi connectivity index (χ4v) is 4.38. The standard InChI is InChI=1S/C23H24N4O2S/c1-15(2)13-26-18-11-7-5-10-17(18)21(22(26)28)25-27-19(14-30-23(27)24-3)16-9-6-8-12-20(16)29-4/h5-12,14-15H,13H2,1-4H3. The van der Waals surface area contributed by atoms with Crippen molar-refractivity contribution in [2.24, 2.45) is 16.0 Å². The maximum absolute atomic E-state index is 13.3. The molecule has 0 atom stereocenters. The van der Waals surface area contributed by atoms with Gasteiger partial charge in [-0.1, -0.05) is 44.2 Å². The number of aromatic nitrogens is 1. The molecule has 0 N–H and O–H groups in total. The van der Waals surface area contributed by atoms with Gasteiger partial charge in [0.1, 0.15) is 5.75 Å². The maximum atomic E-state index is 13.3. The number of hydrogen-bond donors (Lipinski definition) is 0. The van der Waals surface area contributed by atoms with Crippen LogP contribution in [0, 0.1) is 5.92 Å². The molecule has 1 aliphatic rings. The van der Waals surface area contributed by atoms with Crippen LogP contribution < -0.4 is 14.4 Å². The molecule has 30 heavy (non-hydrogen) atoms. The van der Waals surface area contributed by atoms with Crippen molar-refractivity contribution in [2.45, 2.75) is 13.8 Å². The largest absolute Gasteiger partial charge is 0.496 e. The molecule has 0 saturated heterocycles. The SMILES string of the molecule is CN=c1scc(-c2ccccc2OC)n1N=C1C(=O)N(CC(C)C)c2ccccc21. The van der Waals surface area contributed by atoms with Crippen molar-refractivity contribution in [3.05, 3.63) is 64.3 Å². The van der Waals surface area contributed by atoms with Crippen LogP contribution in [0.2, 0.25) is 0 Å². The highest BCUT2D eigenvalue weighted by molar-refractivity contribution is 7.07. The number of amides is 1. The molecule has 1 aliphatic heterocycles. The van der Waals surface area contributed by atoms with Gasteiger partial charge in [-0.3, -0.25) is 9.79 Å². The van der Waals surface area contributed by atoms with Gasteiger partial charge in [-0.05, 0) is 24.1 Å². The lowest BCUT2D eigenvalue weighted by Crippen LogP contribution is -2.33. The van der Waals surface area contributed by atoms with E-state index < -0.39 is 0 Å². The van der Waals surface area contributed by atoms with Crippen LogP contribution in [-0.2, 0) is 4.79 Å². The van der Waals surface area contributed by atoms with Crippen molar-refractivity contribution in [3.63, 3.8) is 0 Å². The van der Waals surface area contributed by atoms with Crippen molar-refractivity contribution < 1.29 is 9.53 Å². The Morgan fingerprint density at radius 1 is 1.07 bits per heavy atom. The number of benzene rings is 2. The van der Waals surface area contributed by atoms with Gasteiger partial charge in [0.25, 0.3) is 5.91 Å². The van der Waals surface area contributed by atoms with Crippen LogP contribution >= 0.6 is 11.3 Å². The molecule has 0 unspecified atom stereocenters. The predicted octanol–water partition coefficient (Wildman–Crippen LogP) is 4.01. The van der Waals surface area contributed by atoms with Gasteiger partial charge in [0, 0.05) is 30.1 Å². The zero-order valence-corrected chi connectivity index (χ0v) is 18.3. The Hall–Kier alpha value is -3.19. The molecule has 0 saturated carbocycles. The van der Waals surface area contributed by atoms with E-state index in [2.05, 4.69) is 18.8 Å². The smallest absolute Gasteiger partial charge is 0.279 e. The highest BCUT2D eigenvalue weighted by Crippen LogP contribution is 2.32. The summed E-state index contributed by atoms with van der Waals surface area (Å²) >= 11 is 1.48. The van der Waals surface area contributed by atoms with Crippen molar-refractivity contribution >= 4 is 28.6 Å². The number of para-hydroxylation sites is 2. The molecule has 154 valence electrons. The monoisotopic (exact) mass is 420 g/mol. The van der Waals surface area contributed by atoms with Crippen molar-refractivity contribution in [1.82, 2.24) is 4.68 Å². The Morgan fingerprint density at radius 3 is 2.47 bits per heavy atom. The van der Waals surface area contributed by atoms with E-state index in [1.165, 1.54) is 11.3 Å². The number of thiazole rings is 1. The summed E-state index contributed by atoms with van der Waals surface area (Å²) in [5.41, 5.74) is 3.90. The number of rotatable bonds is 5. The molecular weight excluding hydrogens is 396 g/mol. The summed E-state index contributed by atoms with van der Waals surface area (Å²) in [4.78, 5) is 20.2. The van der Waals surface area contributed by atoms with E-state index in [0.29, 0.717) is 23.0 Å². The first kappa shape index (κ1) is 20.1. The highest BCUT2D eigenvalue weighted by Gasteiger charge is 2.34. The van der Waals surface area contributed by atoms with Gasteiger partial charge in [-0.25, -0.2) is 4.68 Å². The molecule has 2 heterocycles. The second-order valence-electron chi connectivity index (χ2n) is 7.41. The lowest BCUT2D eigenvalue weighted by molar-refractivity contribution is -0.112. The van der Waals surface area contributed by atoms with Crippen LogP contribution in [0.5, 0.6) is 5.75 Å². The normalized spacial score (nSPS) is 15.4. The van der Waals surface area contributed by atoms with E-state index in [4.69, 9.17) is 9.84 Å². The third-order valence-corrected chi connectivity index (χ3v) is 5.81. The number of carbonyl (C=O) groups excluding carboxylic acids is 1. The summed E-state index contributed by atoms with van der Waals surface area (Å²) in [6.07, 6.45) is 0. The molecule has 0 fully saturated rings. The number of carbonyl (C=O) groups is 1. The highest BCUT2D eigenvalue weighted by atomic mass is 32.1. The summed E-state index contributed by atoms with van der Waals surface area (Å²) in [5, 5.41) is 6.81. The summed E-state index contributed by atoms with van der Waals surface area (Å²) in [6, 6.07) is 15.6. The van der Waals surface area contributed by atoms with Gasteiger partial charge in [0.05, 0.1) is 18.5 Å². The van der Waals surface area contributed by atoms with Crippen molar-refractivity contribution in [1.29, 1.82) is 0 Å². The number of nitrogens with zero attached hydrogens (tertiary/aromatic N) is 4. The molecule has 0 aliphatic carbocycles. The molecule has 6 nitrogen and oxygen atoms in total. The van der Waals surface area contributed by atoms with Crippen LogP contribution in [-0.4, -0.2) is 37.0 Å². The number of ether oxygens (including phenoxy) is 1. The Bertz CT molecular complexity index is 1190. The van der Waals surface area contributed by atoms with Crippen molar-refractivity contribution in [3.8, 4) is 17.0 Å². The average molecular weight is 421 g/mol. The van der Waals surface area contributed by atoms with E-state index >= 15 is 0 Å². The van der Waals surface area contributed by atoms with E-state index in [1.54, 1.807) is 18.8 Å². The third-order valence-electron chi connectivity index (χ3n) is 4.90. The minimum absolute atomic E-state index is 0.0865. The molecule has 0 radical (unpaired) electrons. The second-order valence-corrected chi connectivity index (χ2v) is 8.25. The van der Waals surface area contributed by atoms with Gasteiger partial charge in [-0.2, -0.15) is 5.10 Å². The van der Waals surface area contributed by atoms with E-state index in [1.807, 2.05) is 58.8 Å². The summed E-state index contributed by atoms with van der Waals surface area (Å²) in [5.74, 6) is 1.00. The van der Waals surface area contributed by atoms with Crippen LogP contribution in [0.15, 0.2) is 64.0 Å². The molecule has 0 bridgehead atoms. The maximum Gasteiger partial charge on any atom is 0.279 e. The summed E-state index contributed by atoms with van der Waals surface area (Å²) in [6.45, 7) is 4.85. The lowest BCUT2D eigenvalue weighted by atomic mass is 10.1. The van der Waals surface area contributed by atoms with Crippen LogP contribution in [0.25, 0.3) is 11.3 Å². The molecule has 4 rings (SSSR count). The van der Waals surface area contributed by atoms with Crippen molar-refractivity contribution in [2.75, 3.05) is 25.6 Å². The van der Waals surface area contributed by atoms with Gasteiger partial charge in [0.15, 0.2) is 5.71 Å². The Labute approximate surface area is 179 Å². The topological polar surface area (TPSA) is 59.2 Å². The Morgan fingerprint density at radius 2 is 1.77 bits per heavy atom. The van der Waals surface area contributed by atoms with Gasteiger partial charge in [-0.15, -0.1) is 11.3 Å². The number of hydrogen-bond acceptors (Lipinski definition) is 5. The fourth-order valence-electron chi connectivity index (χ4n) is 3.59. The number of anilines is 1. The van der Waals surface area contributed by atoms with E-state index in [9.17, 15) is 4.79 Å². The molecule has 3 aromatic rings. The first-order chi connectivity index (χ1) is 14.5. The second kappa shape index (κ2) is 8.28. The molecular formula is C23H24N4O2S. The fraction of sp³-hybridized carbons (Fsp3) is 0.261. The Balaban J connectivity index is 1.91. The molecule has 1 aromatic heterocycles.